The van der Waals surface area contributed by atoms with Crippen molar-refractivity contribution in [1.82, 2.24) is 4.90 Å². The SMILES string of the molecule is C[C@@H](c1ccccc1)N1C(=O)[C@H](OCc2ccccc2)[C@@H]1CC1CCCCC1. The summed E-state index contributed by atoms with van der Waals surface area (Å²) in [5, 5.41) is 0. The smallest absolute Gasteiger partial charge is 0.254 e. The van der Waals surface area contributed by atoms with E-state index in [1.54, 1.807) is 0 Å². The van der Waals surface area contributed by atoms with Crippen LogP contribution in [0.5, 0.6) is 0 Å². The van der Waals surface area contributed by atoms with Crippen LogP contribution in [-0.2, 0) is 16.1 Å². The minimum atomic E-state index is -0.298. The van der Waals surface area contributed by atoms with E-state index in [0.717, 1.165) is 17.9 Å². The molecule has 148 valence electrons. The molecule has 0 bridgehead atoms. The number of nitrogens with zero attached hydrogens (tertiary/aromatic N) is 1. The van der Waals surface area contributed by atoms with Crippen LogP contribution >= 0.6 is 0 Å². The Hall–Kier alpha value is -2.13. The minimum absolute atomic E-state index is 0.0962. The molecule has 0 spiro atoms. The molecule has 1 amide bonds. The van der Waals surface area contributed by atoms with E-state index in [1.165, 1.54) is 37.7 Å². The van der Waals surface area contributed by atoms with Crippen LogP contribution in [0.2, 0.25) is 0 Å². The Morgan fingerprint density at radius 2 is 1.61 bits per heavy atom. The molecule has 1 saturated carbocycles. The highest BCUT2D eigenvalue weighted by Crippen LogP contribution is 2.39. The maximum atomic E-state index is 13.1. The Bertz CT molecular complexity index is 755. The fourth-order valence-electron chi connectivity index (χ4n) is 4.85. The van der Waals surface area contributed by atoms with E-state index >= 15 is 0 Å². The zero-order chi connectivity index (χ0) is 19.3. The van der Waals surface area contributed by atoms with Gasteiger partial charge in [0.15, 0.2) is 6.10 Å². The van der Waals surface area contributed by atoms with Gasteiger partial charge in [0.1, 0.15) is 0 Å². The van der Waals surface area contributed by atoms with Crippen LogP contribution in [0.4, 0.5) is 0 Å². The lowest BCUT2D eigenvalue weighted by Crippen LogP contribution is -2.66. The maximum Gasteiger partial charge on any atom is 0.254 e. The van der Waals surface area contributed by atoms with Gasteiger partial charge in [0, 0.05) is 0 Å². The summed E-state index contributed by atoms with van der Waals surface area (Å²) in [6.45, 7) is 2.65. The van der Waals surface area contributed by atoms with Crippen LogP contribution < -0.4 is 0 Å². The molecule has 3 nitrogen and oxygen atoms in total. The third-order valence-electron chi connectivity index (χ3n) is 6.48. The van der Waals surface area contributed by atoms with Crippen molar-refractivity contribution in [2.24, 2.45) is 5.92 Å². The van der Waals surface area contributed by atoms with Gasteiger partial charge < -0.3 is 9.64 Å². The largest absolute Gasteiger partial charge is 0.362 e. The highest BCUT2D eigenvalue weighted by atomic mass is 16.5. The number of β-lactam (4-membered cyclic amide) rings is 1. The summed E-state index contributed by atoms with van der Waals surface area (Å²) in [5.41, 5.74) is 2.33. The fourth-order valence-corrected chi connectivity index (χ4v) is 4.85. The van der Waals surface area contributed by atoms with Crippen LogP contribution in [-0.4, -0.2) is 23.0 Å². The van der Waals surface area contributed by atoms with Gasteiger partial charge in [-0.05, 0) is 30.4 Å². The molecule has 4 rings (SSSR count). The summed E-state index contributed by atoms with van der Waals surface area (Å²) in [6, 6.07) is 20.8. The van der Waals surface area contributed by atoms with E-state index in [-0.39, 0.29) is 24.1 Å². The Labute approximate surface area is 168 Å². The van der Waals surface area contributed by atoms with Crippen molar-refractivity contribution < 1.29 is 9.53 Å². The molecular weight excluding hydrogens is 346 g/mol. The average molecular weight is 378 g/mol. The van der Waals surface area contributed by atoms with Gasteiger partial charge in [0.25, 0.3) is 5.91 Å². The van der Waals surface area contributed by atoms with E-state index < -0.39 is 0 Å². The lowest BCUT2D eigenvalue weighted by molar-refractivity contribution is -0.183. The maximum absolute atomic E-state index is 13.1. The second-order valence-corrected chi connectivity index (χ2v) is 8.36. The zero-order valence-corrected chi connectivity index (χ0v) is 16.8. The number of carbonyl (C=O) groups excluding carboxylic acids is 1. The number of likely N-dealkylation sites (tertiary alicyclic amines) is 1. The third kappa shape index (κ3) is 4.15. The number of carbonyl (C=O) groups is 1. The summed E-state index contributed by atoms with van der Waals surface area (Å²) in [4.78, 5) is 15.1. The van der Waals surface area contributed by atoms with Gasteiger partial charge in [0.05, 0.1) is 18.7 Å². The van der Waals surface area contributed by atoms with E-state index in [1.807, 2.05) is 24.3 Å². The average Bonchev–Trinajstić information content (AvgIpc) is 2.75. The lowest BCUT2D eigenvalue weighted by Gasteiger charge is -2.51. The molecular formula is C25H31NO2. The first-order valence-electron chi connectivity index (χ1n) is 10.8. The van der Waals surface area contributed by atoms with Crippen molar-refractivity contribution in [3.63, 3.8) is 0 Å². The summed E-state index contributed by atoms with van der Waals surface area (Å²) in [7, 11) is 0. The third-order valence-corrected chi connectivity index (χ3v) is 6.48. The first kappa shape index (κ1) is 19.2. The van der Waals surface area contributed by atoms with Crippen LogP contribution in [0.15, 0.2) is 60.7 Å². The van der Waals surface area contributed by atoms with Gasteiger partial charge >= 0.3 is 0 Å². The molecule has 3 heteroatoms. The first-order valence-corrected chi connectivity index (χ1v) is 10.8. The van der Waals surface area contributed by atoms with E-state index in [2.05, 4.69) is 48.2 Å². The monoisotopic (exact) mass is 377 g/mol. The van der Waals surface area contributed by atoms with Crippen LogP contribution in [0.1, 0.15) is 62.6 Å². The number of amides is 1. The number of ether oxygens (including phenoxy) is 1. The molecule has 1 heterocycles. The quantitative estimate of drug-likeness (QED) is 0.595. The van der Waals surface area contributed by atoms with Crippen LogP contribution in [0.25, 0.3) is 0 Å². The Morgan fingerprint density at radius 1 is 0.964 bits per heavy atom. The Balaban J connectivity index is 1.47. The van der Waals surface area contributed by atoms with Crippen molar-refractivity contribution in [1.29, 1.82) is 0 Å². The molecule has 2 aromatic rings. The van der Waals surface area contributed by atoms with Crippen molar-refractivity contribution >= 4 is 5.91 Å². The summed E-state index contributed by atoms with van der Waals surface area (Å²) < 4.78 is 6.16. The summed E-state index contributed by atoms with van der Waals surface area (Å²) in [6.07, 6.45) is 7.38. The van der Waals surface area contributed by atoms with Gasteiger partial charge in [-0.2, -0.15) is 0 Å². The van der Waals surface area contributed by atoms with Crippen LogP contribution in [0, 0.1) is 5.92 Å². The fraction of sp³-hybridized carbons (Fsp3) is 0.480. The van der Waals surface area contributed by atoms with E-state index in [9.17, 15) is 4.79 Å². The number of hydrogen-bond donors (Lipinski definition) is 0. The van der Waals surface area contributed by atoms with Crippen molar-refractivity contribution in [3.8, 4) is 0 Å². The van der Waals surface area contributed by atoms with Crippen molar-refractivity contribution in [2.75, 3.05) is 0 Å². The number of rotatable bonds is 7. The predicted octanol–water partition coefficient (Wildman–Crippen LogP) is 5.51. The molecule has 0 radical (unpaired) electrons. The van der Waals surface area contributed by atoms with E-state index in [4.69, 9.17) is 4.74 Å². The standard InChI is InChI=1S/C25H31NO2/c1-19(22-15-9-4-10-16-22)26-23(17-20-11-5-2-6-12-20)24(25(26)27)28-18-21-13-7-3-8-14-21/h3-4,7-10,13-16,19-20,23-24H,2,5-6,11-12,17-18H2,1H3/t19-,23-,24+/m0/s1. The van der Waals surface area contributed by atoms with E-state index in [0.29, 0.717) is 6.61 Å². The Morgan fingerprint density at radius 3 is 2.29 bits per heavy atom. The second kappa shape index (κ2) is 8.91. The zero-order valence-electron chi connectivity index (χ0n) is 16.8. The minimum Gasteiger partial charge on any atom is -0.362 e. The topological polar surface area (TPSA) is 29.5 Å². The molecule has 1 saturated heterocycles. The van der Waals surface area contributed by atoms with Crippen molar-refractivity contribution in [2.45, 2.75) is 70.2 Å². The predicted molar refractivity (Wildman–Crippen MR) is 112 cm³/mol. The highest BCUT2D eigenvalue weighted by molar-refractivity contribution is 5.88. The number of hydrogen-bond acceptors (Lipinski definition) is 2. The van der Waals surface area contributed by atoms with Gasteiger partial charge in [-0.25, -0.2) is 0 Å². The normalized spacial score (nSPS) is 24.0. The molecule has 2 aliphatic rings. The first-order chi connectivity index (χ1) is 13.7. The second-order valence-electron chi connectivity index (χ2n) is 8.36. The van der Waals surface area contributed by atoms with Gasteiger partial charge in [-0.15, -0.1) is 0 Å². The van der Waals surface area contributed by atoms with Gasteiger partial charge in [0.2, 0.25) is 0 Å². The highest BCUT2D eigenvalue weighted by Gasteiger charge is 2.50. The lowest BCUT2D eigenvalue weighted by atomic mass is 9.79. The molecule has 0 aromatic heterocycles. The Kier molecular flexibility index (Phi) is 6.11. The molecule has 2 aromatic carbocycles. The summed E-state index contributed by atoms with van der Waals surface area (Å²) in [5.74, 6) is 0.869. The van der Waals surface area contributed by atoms with Gasteiger partial charge in [-0.3, -0.25) is 4.79 Å². The molecule has 0 N–H and O–H groups in total. The molecule has 28 heavy (non-hydrogen) atoms. The molecule has 1 aliphatic heterocycles. The van der Waals surface area contributed by atoms with Gasteiger partial charge in [-0.1, -0.05) is 92.8 Å². The number of benzene rings is 2. The molecule has 3 atom stereocenters. The molecule has 2 fully saturated rings. The van der Waals surface area contributed by atoms with Crippen molar-refractivity contribution in [3.05, 3.63) is 71.8 Å². The van der Waals surface area contributed by atoms with Crippen LogP contribution in [0.3, 0.4) is 0 Å². The molecule has 0 unspecified atom stereocenters. The molecule has 1 aliphatic carbocycles. The summed E-state index contributed by atoms with van der Waals surface area (Å²) >= 11 is 0.